The first-order chi connectivity index (χ1) is 10.1. The molecule has 1 N–H and O–H groups in total. The maximum absolute atomic E-state index is 11.0. The van der Waals surface area contributed by atoms with Crippen molar-refractivity contribution in [2.75, 3.05) is 11.9 Å². The number of hydrogen-bond acceptors (Lipinski definition) is 6. The first-order valence-electron chi connectivity index (χ1n) is 6.36. The number of anilines is 1. The minimum atomic E-state index is -0.512. The van der Waals surface area contributed by atoms with Gasteiger partial charge in [0.25, 0.3) is 0 Å². The highest BCUT2D eigenvalue weighted by atomic mass is 35.5. The fourth-order valence-corrected chi connectivity index (χ4v) is 2.59. The summed E-state index contributed by atoms with van der Waals surface area (Å²) in [5.41, 5.74) is -0.142. The number of para-hydroxylation sites is 1. The second-order valence-corrected chi connectivity index (χ2v) is 5.71. The number of ether oxygens (including phenoxy) is 1. The first-order valence-corrected chi connectivity index (χ1v) is 7.55. The molecule has 1 aromatic heterocycles. The molecule has 2 aromatic rings. The Morgan fingerprint density at radius 1 is 1.52 bits per heavy atom. The maximum Gasteiger partial charge on any atom is 0.312 e. The number of nitrogens with zero attached hydrogens (tertiary/aromatic N) is 2. The highest BCUT2D eigenvalue weighted by molar-refractivity contribution is 7.15. The van der Waals surface area contributed by atoms with E-state index in [0.717, 1.165) is 23.0 Å². The van der Waals surface area contributed by atoms with E-state index < -0.39 is 4.92 Å². The largest absolute Gasteiger partial charge is 0.480 e. The van der Waals surface area contributed by atoms with Crippen LogP contribution in [0.1, 0.15) is 18.2 Å². The second kappa shape index (κ2) is 7.24. The molecule has 6 nitrogen and oxygen atoms in total. The Balaban J connectivity index is 2.06. The summed E-state index contributed by atoms with van der Waals surface area (Å²) in [7, 11) is 0. The van der Waals surface area contributed by atoms with Gasteiger partial charge in [-0.25, -0.2) is 4.98 Å². The van der Waals surface area contributed by atoms with Gasteiger partial charge in [-0.2, -0.15) is 0 Å². The fraction of sp³-hybridized carbons (Fsp3) is 0.308. The van der Waals surface area contributed by atoms with E-state index in [-0.39, 0.29) is 23.1 Å². The summed E-state index contributed by atoms with van der Waals surface area (Å²) in [6.07, 6.45) is 2.70. The summed E-state index contributed by atoms with van der Waals surface area (Å²) in [5.74, 6) is 0.0839. The van der Waals surface area contributed by atoms with E-state index in [1.165, 1.54) is 23.5 Å². The molecule has 1 aromatic carbocycles. The van der Waals surface area contributed by atoms with Gasteiger partial charge in [-0.1, -0.05) is 35.9 Å². The number of rotatable bonds is 7. The number of aromatic nitrogens is 1. The summed E-state index contributed by atoms with van der Waals surface area (Å²) in [6.45, 7) is 3.11. The Morgan fingerprint density at radius 3 is 3.05 bits per heavy atom. The molecule has 0 spiro atoms. The number of nitro groups is 1. The van der Waals surface area contributed by atoms with Crippen LogP contribution in [0.2, 0.25) is 5.02 Å². The summed E-state index contributed by atoms with van der Waals surface area (Å²) in [4.78, 5) is 15.5. The molecule has 0 aliphatic heterocycles. The molecular weight excluding hydrogens is 314 g/mol. The Bertz CT molecular complexity index is 633. The van der Waals surface area contributed by atoms with E-state index in [1.807, 2.05) is 0 Å². The molecule has 0 atom stereocenters. The Kier molecular flexibility index (Phi) is 5.35. The minimum absolute atomic E-state index is 0.0839. The highest BCUT2D eigenvalue weighted by Gasteiger charge is 2.18. The van der Waals surface area contributed by atoms with E-state index >= 15 is 0 Å². The summed E-state index contributed by atoms with van der Waals surface area (Å²) in [5, 5.41) is 15.2. The molecule has 21 heavy (non-hydrogen) atoms. The predicted octanol–water partition coefficient (Wildman–Crippen LogP) is 4.11. The molecule has 8 heteroatoms. The zero-order valence-electron chi connectivity index (χ0n) is 11.3. The van der Waals surface area contributed by atoms with Crippen molar-refractivity contribution < 1.29 is 9.66 Å². The van der Waals surface area contributed by atoms with E-state index in [4.69, 9.17) is 16.3 Å². The average molecular weight is 328 g/mol. The van der Waals surface area contributed by atoms with Crippen LogP contribution in [0.15, 0.2) is 24.4 Å². The number of halogens is 1. The van der Waals surface area contributed by atoms with Crippen molar-refractivity contribution >= 4 is 33.8 Å². The number of hydrogen-bond donors (Lipinski definition) is 1. The lowest BCUT2D eigenvalue weighted by Gasteiger charge is -2.06. The lowest BCUT2D eigenvalue weighted by atomic mass is 10.3. The van der Waals surface area contributed by atoms with Crippen LogP contribution in [0.5, 0.6) is 5.75 Å². The highest BCUT2D eigenvalue weighted by Crippen LogP contribution is 2.35. The van der Waals surface area contributed by atoms with Gasteiger partial charge in [0.2, 0.25) is 5.75 Å². The predicted molar refractivity (Wildman–Crippen MR) is 83.3 cm³/mol. The van der Waals surface area contributed by atoms with Crippen molar-refractivity contribution in [1.29, 1.82) is 0 Å². The Labute approximate surface area is 130 Å². The van der Waals surface area contributed by atoms with Gasteiger partial charge >= 0.3 is 5.69 Å². The van der Waals surface area contributed by atoms with Crippen LogP contribution in [-0.2, 0) is 6.61 Å². The summed E-state index contributed by atoms with van der Waals surface area (Å²) < 4.78 is 5.50. The molecule has 0 unspecified atom stereocenters. The van der Waals surface area contributed by atoms with Crippen LogP contribution in [0.4, 0.5) is 10.8 Å². The van der Waals surface area contributed by atoms with Crippen molar-refractivity contribution in [2.24, 2.45) is 0 Å². The first kappa shape index (κ1) is 15.5. The number of nitro benzene ring substituents is 1. The van der Waals surface area contributed by atoms with Crippen molar-refractivity contribution in [2.45, 2.75) is 20.0 Å². The SMILES string of the molecule is CCCNc1ncc(COc2c(Cl)cccc2[N+](=O)[O-])s1. The number of benzene rings is 1. The quantitative estimate of drug-likeness (QED) is 0.611. The molecule has 0 radical (unpaired) electrons. The molecule has 112 valence electrons. The lowest BCUT2D eigenvalue weighted by molar-refractivity contribution is -0.385. The zero-order chi connectivity index (χ0) is 15.2. The van der Waals surface area contributed by atoms with Crippen LogP contribution in [0, 0.1) is 10.1 Å². The minimum Gasteiger partial charge on any atom is -0.480 e. The average Bonchev–Trinajstić information content (AvgIpc) is 2.91. The summed E-state index contributed by atoms with van der Waals surface area (Å²) >= 11 is 7.41. The van der Waals surface area contributed by atoms with Crippen molar-refractivity contribution in [3.8, 4) is 5.75 Å². The van der Waals surface area contributed by atoms with Gasteiger partial charge in [0.15, 0.2) is 5.13 Å². The molecule has 0 amide bonds. The van der Waals surface area contributed by atoms with Crippen LogP contribution in [-0.4, -0.2) is 16.5 Å². The van der Waals surface area contributed by atoms with Crippen LogP contribution in [0.3, 0.4) is 0 Å². The third kappa shape index (κ3) is 4.05. The summed E-state index contributed by atoms with van der Waals surface area (Å²) in [6, 6.07) is 4.44. The maximum atomic E-state index is 11.0. The van der Waals surface area contributed by atoms with E-state index in [0.29, 0.717) is 0 Å². The zero-order valence-corrected chi connectivity index (χ0v) is 12.9. The number of thiazole rings is 1. The molecule has 0 saturated heterocycles. The third-order valence-electron chi connectivity index (χ3n) is 2.58. The van der Waals surface area contributed by atoms with Gasteiger partial charge < -0.3 is 10.1 Å². The number of nitrogens with one attached hydrogen (secondary N) is 1. The molecular formula is C13H14ClN3O3S. The normalized spacial score (nSPS) is 10.4. The van der Waals surface area contributed by atoms with Crippen molar-refractivity contribution in [3.05, 3.63) is 44.4 Å². The molecule has 0 saturated carbocycles. The standard InChI is InChI=1S/C13H14ClN3O3S/c1-2-6-15-13-16-7-9(21-13)8-20-12-10(14)4-3-5-11(12)17(18)19/h3-5,7H,2,6,8H2,1H3,(H,15,16). The van der Waals surface area contributed by atoms with Gasteiger partial charge in [-0.15, -0.1) is 0 Å². The molecule has 0 aliphatic carbocycles. The molecule has 0 fully saturated rings. The van der Waals surface area contributed by atoms with E-state index in [2.05, 4.69) is 17.2 Å². The van der Waals surface area contributed by atoms with E-state index in [9.17, 15) is 10.1 Å². The van der Waals surface area contributed by atoms with Crippen molar-refractivity contribution in [1.82, 2.24) is 4.98 Å². The van der Waals surface area contributed by atoms with Crippen LogP contribution >= 0.6 is 22.9 Å². The molecule has 1 heterocycles. The Morgan fingerprint density at radius 2 is 2.33 bits per heavy atom. The van der Waals surface area contributed by atoms with Crippen LogP contribution < -0.4 is 10.1 Å². The Hall–Kier alpha value is -1.86. The van der Waals surface area contributed by atoms with Gasteiger partial charge in [-0.05, 0) is 12.5 Å². The molecule has 0 bridgehead atoms. The van der Waals surface area contributed by atoms with Crippen LogP contribution in [0.25, 0.3) is 0 Å². The van der Waals surface area contributed by atoms with Gasteiger partial charge in [0.1, 0.15) is 6.61 Å². The lowest BCUT2D eigenvalue weighted by Crippen LogP contribution is -1.98. The molecule has 0 aliphatic rings. The fourth-order valence-electron chi connectivity index (χ4n) is 1.62. The topological polar surface area (TPSA) is 77.3 Å². The molecule has 2 rings (SSSR count). The van der Waals surface area contributed by atoms with Crippen molar-refractivity contribution in [3.63, 3.8) is 0 Å². The van der Waals surface area contributed by atoms with Gasteiger partial charge in [-0.3, -0.25) is 10.1 Å². The smallest absolute Gasteiger partial charge is 0.312 e. The van der Waals surface area contributed by atoms with E-state index in [1.54, 1.807) is 12.3 Å². The van der Waals surface area contributed by atoms with Gasteiger partial charge in [0.05, 0.1) is 14.8 Å². The second-order valence-electron chi connectivity index (χ2n) is 4.19. The van der Waals surface area contributed by atoms with Gasteiger partial charge in [0, 0.05) is 18.8 Å². The third-order valence-corrected chi connectivity index (χ3v) is 3.81. The monoisotopic (exact) mass is 327 g/mol.